The summed E-state index contributed by atoms with van der Waals surface area (Å²) >= 11 is 0. The first kappa shape index (κ1) is 22.0. The zero-order valence-electron chi connectivity index (χ0n) is 19.5. The van der Waals surface area contributed by atoms with Gasteiger partial charge in [0.15, 0.2) is 0 Å². The van der Waals surface area contributed by atoms with Gasteiger partial charge in [-0.2, -0.15) is 10.4 Å². The fourth-order valence-electron chi connectivity index (χ4n) is 5.84. The van der Waals surface area contributed by atoms with Crippen molar-refractivity contribution < 1.29 is 9.90 Å². The lowest BCUT2D eigenvalue weighted by molar-refractivity contribution is -0.0146. The molecule has 5 heterocycles. The molecule has 11 heteroatoms. The molecule has 2 amide bonds. The first-order chi connectivity index (χ1) is 17.1. The van der Waals surface area contributed by atoms with Gasteiger partial charge in [0.05, 0.1) is 36.0 Å². The van der Waals surface area contributed by atoms with E-state index in [1.807, 2.05) is 34.2 Å². The van der Waals surface area contributed by atoms with Crippen LogP contribution in [0.1, 0.15) is 25.7 Å². The molecule has 1 saturated carbocycles. The number of amides is 2. The van der Waals surface area contributed by atoms with Crippen LogP contribution in [0.5, 0.6) is 0 Å². The third kappa shape index (κ3) is 3.83. The van der Waals surface area contributed by atoms with Crippen LogP contribution in [0.4, 0.5) is 4.79 Å². The van der Waals surface area contributed by atoms with Crippen molar-refractivity contribution in [3.05, 3.63) is 31.0 Å². The van der Waals surface area contributed by atoms with Gasteiger partial charge in [-0.1, -0.05) is 0 Å². The maximum Gasteiger partial charge on any atom is 0.320 e. The molecule has 1 atom stereocenters. The van der Waals surface area contributed by atoms with Crippen molar-refractivity contribution in [3.8, 4) is 17.3 Å². The Labute approximate surface area is 203 Å². The lowest BCUT2D eigenvalue weighted by Crippen LogP contribution is -2.61. The number of H-pyrrole nitrogens is 1. The van der Waals surface area contributed by atoms with Crippen LogP contribution in [0.3, 0.4) is 0 Å². The summed E-state index contributed by atoms with van der Waals surface area (Å²) in [6, 6.07) is 4.75. The minimum atomic E-state index is -0.394. The van der Waals surface area contributed by atoms with Crippen LogP contribution in [0, 0.1) is 11.3 Å². The van der Waals surface area contributed by atoms with Crippen molar-refractivity contribution in [1.82, 2.24) is 39.4 Å². The highest BCUT2D eigenvalue weighted by Crippen LogP contribution is 2.45. The fraction of sp³-hybridized carbons (Fsp3) is 0.542. The number of nitrogens with one attached hydrogen (secondary N) is 1. The van der Waals surface area contributed by atoms with E-state index in [0.717, 1.165) is 48.2 Å². The highest BCUT2D eigenvalue weighted by Gasteiger charge is 2.49. The van der Waals surface area contributed by atoms with Crippen molar-refractivity contribution >= 4 is 17.1 Å². The molecule has 2 N–H and O–H groups in total. The minimum Gasteiger partial charge on any atom is -0.391 e. The normalized spacial score (nSPS) is 27.2. The van der Waals surface area contributed by atoms with Crippen LogP contribution < -0.4 is 0 Å². The standard InChI is InChI=1S/C24H29N9O2/c25-4-3-24(33-14-17(13-29-33)21-20-1-5-26-22(20)28-16-27-21)11-18(12-24)30-7-9-31(10-8-30)23(35)32-6-2-19(34)15-32/h1,5,13-14,16,18-19,34H,2-3,6-12,15H2,(H,26,27,28)/t18?,19-,24?/m0/s1. The number of aliphatic hydroxyl groups excluding tert-OH is 1. The minimum absolute atomic E-state index is 0.0407. The molecule has 3 aliphatic rings. The second-order valence-corrected chi connectivity index (χ2v) is 9.95. The summed E-state index contributed by atoms with van der Waals surface area (Å²) in [5.74, 6) is 0. The number of nitriles is 1. The Morgan fingerprint density at radius 2 is 2.03 bits per heavy atom. The Hall–Kier alpha value is -3.49. The Balaban J connectivity index is 1.11. The van der Waals surface area contributed by atoms with Gasteiger partial charge in [-0.05, 0) is 25.3 Å². The number of aromatic nitrogens is 5. The lowest BCUT2D eigenvalue weighted by Gasteiger charge is -2.52. The van der Waals surface area contributed by atoms with Crippen LogP contribution in [-0.2, 0) is 5.54 Å². The smallest absolute Gasteiger partial charge is 0.320 e. The molecule has 3 aromatic rings. The molecule has 3 fully saturated rings. The van der Waals surface area contributed by atoms with Crippen molar-refractivity contribution in [1.29, 1.82) is 5.26 Å². The SMILES string of the molecule is N#CCC1(n2cc(-c3ncnc4[nH]ccc34)cn2)CC(N2CCN(C(=O)N3CC[C@H](O)C3)CC2)C1. The largest absolute Gasteiger partial charge is 0.391 e. The van der Waals surface area contributed by atoms with E-state index in [2.05, 4.69) is 31.0 Å². The Morgan fingerprint density at radius 3 is 2.77 bits per heavy atom. The highest BCUT2D eigenvalue weighted by molar-refractivity contribution is 5.90. The van der Waals surface area contributed by atoms with Crippen molar-refractivity contribution in [2.75, 3.05) is 39.3 Å². The number of β-amino-alcohol motifs (C(OH)–C–C–N with tert-alkyl or cyclic N) is 1. The van der Waals surface area contributed by atoms with Crippen LogP contribution in [0.25, 0.3) is 22.3 Å². The number of carbonyl (C=O) groups excluding carboxylic acids is 1. The molecule has 1 aliphatic carbocycles. The monoisotopic (exact) mass is 475 g/mol. The maximum absolute atomic E-state index is 12.7. The first-order valence-corrected chi connectivity index (χ1v) is 12.2. The number of urea groups is 1. The average Bonchev–Trinajstić information content (AvgIpc) is 3.61. The number of hydrogen-bond acceptors (Lipinski definition) is 7. The van der Waals surface area contributed by atoms with Crippen LogP contribution in [0.15, 0.2) is 31.0 Å². The summed E-state index contributed by atoms with van der Waals surface area (Å²) in [6.07, 6.45) is 9.61. The summed E-state index contributed by atoms with van der Waals surface area (Å²) in [5, 5.41) is 24.9. The quantitative estimate of drug-likeness (QED) is 0.583. The fourth-order valence-corrected chi connectivity index (χ4v) is 5.84. The molecule has 2 aliphatic heterocycles. The summed E-state index contributed by atoms with van der Waals surface area (Å²) in [5.41, 5.74) is 2.21. The number of aromatic amines is 1. The average molecular weight is 476 g/mol. The number of nitrogens with zero attached hydrogens (tertiary/aromatic N) is 8. The lowest BCUT2D eigenvalue weighted by atomic mass is 9.70. The number of aliphatic hydroxyl groups is 1. The zero-order chi connectivity index (χ0) is 24.0. The van der Waals surface area contributed by atoms with Gasteiger partial charge < -0.3 is 19.9 Å². The van der Waals surface area contributed by atoms with Gasteiger partial charge in [-0.3, -0.25) is 9.58 Å². The summed E-state index contributed by atoms with van der Waals surface area (Å²) < 4.78 is 1.96. The molecular weight excluding hydrogens is 446 g/mol. The van der Waals surface area contributed by atoms with Crippen molar-refractivity contribution in [2.24, 2.45) is 0 Å². The molecule has 0 unspecified atom stereocenters. The number of piperazine rings is 1. The molecule has 0 spiro atoms. The number of fused-ring (bicyclic) bond motifs is 1. The van der Waals surface area contributed by atoms with E-state index < -0.39 is 6.10 Å². The molecule has 6 rings (SSSR count). The van der Waals surface area contributed by atoms with E-state index in [4.69, 9.17) is 0 Å². The van der Waals surface area contributed by atoms with E-state index in [1.165, 1.54) is 0 Å². The van der Waals surface area contributed by atoms with E-state index in [0.29, 0.717) is 45.1 Å². The summed E-state index contributed by atoms with van der Waals surface area (Å²) in [6.45, 7) is 4.11. The molecule has 35 heavy (non-hydrogen) atoms. The predicted octanol–water partition coefficient (Wildman–Crippen LogP) is 1.40. The van der Waals surface area contributed by atoms with Crippen LogP contribution >= 0.6 is 0 Å². The highest BCUT2D eigenvalue weighted by atomic mass is 16.3. The van der Waals surface area contributed by atoms with E-state index in [1.54, 1.807) is 11.2 Å². The Bertz CT molecular complexity index is 1260. The predicted molar refractivity (Wildman–Crippen MR) is 127 cm³/mol. The van der Waals surface area contributed by atoms with Crippen LogP contribution in [-0.4, -0.2) is 102 Å². The van der Waals surface area contributed by atoms with Gasteiger partial charge in [-0.25, -0.2) is 14.8 Å². The number of likely N-dealkylation sites (tertiary alicyclic amines) is 1. The van der Waals surface area contributed by atoms with Gasteiger partial charge in [0, 0.05) is 68.7 Å². The Kier molecular flexibility index (Phi) is 5.42. The van der Waals surface area contributed by atoms with Crippen molar-refractivity contribution in [2.45, 2.75) is 43.4 Å². The number of hydrogen-bond donors (Lipinski definition) is 2. The second kappa shape index (κ2) is 8.62. The third-order valence-electron chi connectivity index (χ3n) is 7.87. The van der Waals surface area contributed by atoms with Gasteiger partial charge in [0.2, 0.25) is 0 Å². The maximum atomic E-state index is 12.7. The van der Waals surface area contributed by atoms with Gasteiger partial charge in [-0.15, -0.1) is 0 Å². The van der Waals surface area contributed by atoms with Gasteiger partial charge in [0.25, 0.3) is 0 Å². The molecule has 2 saturated heterocycles. The second-order valence-electron chi connectivity index (χ2n) is 9.95. The van der Waals surface area contributed by atoms with Gasteiger partial charge >= 0.3 is 6.03 Å². The summed E-state index contributed by atoms with van der Waals surface area (Å²) in [7, 11) is 0. The third-order valence-corrected chi connectivity index (χ3v) is 7.87. The topological polar surface area (TPSA) is 130 Å². The first-order valence-electron chi connectivity index (χ1n) is 12.2. The molecule has 3 aromatic heterocycles. The Morgan fingerprint density at radius 1 is 1.20 bits per heavy atom. The summed E-state index contributed by atoms with van der Waals surface area (Å²) in [4.78, 5) is 30.7. The van der Waals surface area contributed by atoms with E-state index in [-0.39, 0.29) is 11.6 Å². The number of carbonyl (C=O) groups is 1. The van der Waals surface area contributed by atoms with E-state index in [9.17, 15) is 15.2 Å². The van der Waals surface area contributed by atoms with E-state index >= 15 is 0 Å². The molecule has 11 nitrogen and oxygen atoms in total. The molecular formula is C24H29N9O2. The molecule has 0 bridgehead atoms. The number of rotatable bonds is 4. The van der Waals surface area contributed by atoms with Crippen molar-refractivity contribution in [3.63, 3.8) is 0 Å². The van der Waals surface area contributed by atoms with Crippen LogP contribution in [0.2, 0.25) is 0 Å². The molecule has 0 radical (unpaired) electrons. The van der Waals surface area contributed by atoms with Gasteiger partial charge in [0.1, 0.15) is 12.0 Å². The molecule has 0 aromatic carbocycles. The zero-order valence-corrected chi connectivity index (χ0v) is 19.5. The molecule has 182 valence electrons.